The molecule has 1 spiro atoms. The van der Waals surface area contributed by atoms with Crippen molar-refractivity contribution in [1.82, 2.24) is 0 Å². The molecule has 4 heteroatoms. The smallest absolute Gasteiger partial charge is 0.101 e. The molecule has 3 fully saturated rings. The van der Waals surface area contributed by atoms with Crippen molar-refractivity contribution >= 4 is 5.69 Å². The van der Waals surface area contributed by atoms with E-state index in [2.05, 4.69) is 36.5 Å². The van der Waals surface area contributed by atoms with Gasteiger partial charge in [0.1, 0.15) is 6.04 Å². The molecule has 3 aliphatic heterocycles. The van der Waals surface area contributed by atoms with Crippen LogP contribution in [0.4, 0.5) is 5.69 Å². The van der Waals surface area contributed by atoms with Crippen LogP contribution in [0.15, 0.2) is 24.3 Å². The molecule has 7 atom stereocenters. The second-order valence-electron chi connectivity index (χ2n) is 8.25. The Hall–Kier alpha value is -1.10. The van der Waals surface area contributed by atoms with Gasteiger partial charge in [-0.15, -0.1) is 0 Å². The Morgan fingerprint density at radius 2 is 2.22 bits per heavy atom. The van der Waals surface area contributed by atoms with Gasteiger partial charge in [0.15, 0.2) is 0 Å². The highest BCUT2D eigenvalue weighted by molar-refractivity contribution is 5.64. The van der Waals surface area contributed by atoms with Crippen LogP contribution in [0.2, 0.25) is 0 Å². The predicted octanol–water partition coefficient (Wildman–Crippen LogP) is 2.47. The largest absolute Gasteiger partial charge is 0.633 e. The SMILES string of the molecule is CC[C@@H]1C[N+]2([O-])CC[C@]34c5ccccc5N[C@H]3[C@@H](CO)[C@H]1CC42. The van der Waals surface area contributed by atoms with E-state index in [-0.39, 0.29) is 34.7 Å². The first-order chi connectivity index (χ1) is 11.1. The van der Waals surface area contributed by atoms with Gasteiger partial charge in [-0.3, -0.25) is 0 Å². The van der Waals surface area contributed by atoms with Crippen molar-refractivity contribution in [1.29, 1.82) is 0 Å². The fourth-order valence-corrected chi connectivity index (χ4v) is 6.81. The van der Waals surface area contributed by atoms with Gasteiger partial charge in [0.05, 0.1) is 18.5 Å². The molecule has 0 radical (unpaired) electrons. The fourth-order valence-electron chi connectivity index (χ4n) is 6.81. The van der Waals surface area contributed by atoms with Crippen molar-refractivity contribution in [2.45, 2.75) is 43.7 Å². The van der Waals surface area contributed by atoms with Crippen molar-refractivity contribution in [3.05, 3.63) is 35.0 Å². The molecule has 23 heavy (non-hydrogen) atoms. The summed E-state index contributed by atoms with van der Waals surface area (Å²) in [6.45, 7) is 3.96. The topological polar surface area (TPSA) is 55.3 Å². The number of fused-ring (bicyclic) bond motifs is 2. The Balaban J connectivity index is 1.71. The van der Waals surface area contributed by atoms with E-state index < -0.39 is 0 Å². The first kappa shape index (κ1) is 14.3. The van der Waals surface area contributed by atoms with Crippen LogP contribution in [-0.2, 0) is 5.41 Å². The molecule has 2 saturated heterocycles. The summed E-state index contributed by atoms with van der Waals surface area (Å²) < 4.78 is 0.0136. The monoisotopic (exact) mass is 314 g/mol. The molecule has 0 aromatic heterocycles. The summed E-state index contributed by atoms with van der Waals surface area (Å²) in [5, 5.41) is 27.6. The van der Waals surface area contributed by atoms with E-state index in [1.807, 2.05) is 0 Å². The molecule has 0 amide bonds. The number of nitrogens with one attached hydrogen (secondary N) is 1. The van der Waals surface area contributed by atoms with Crippen LogP contribution in [0.25, 0.3) is 0 Å². The second kappa shape index (κ2) is 4.50. The van der Waals surface area contributed by atoms with E-state index >= 15 is 0 Å². The van der Waals surface area contributed by atoms with E-state index in [1.54, 1.807) is 0 Å². The van der Waals surface area contributed by atoms with Crippen molar-refractivity contribution < 1.29 is 9.75 Å². The Bertz CT molecular complexity index is 650. The van der Waals surface area contributed by atoms with Crippen molar-refractivity contribution in [2.75, 3.05) is 25.0 Å². The lowest BCUT2D eigenvalue weighted by Gasteiger charge is -2.61. The molecule has 4 aliphatic rings. The van der Waals surface area contributed by atoms with Crippen molar-refractivity contribution in [3.63, 3.8) is 0 Å². The van der Waals surface area contributed by atoms with Gasteiger partial charge < -0.3 is 20.3 Å². The van der Waals surface area contributed by atoms with Gasteiger partial charge in [-0.25, -0.2) is 0 Å². The lowest BCUT2D eigenvalue weighted by molar-refractivity contribution is -0.907. The predicted molar refractivity (Wildman–Crippen MR) is 89.8 cm³/mol. The van der Waals surface area contributed by atoms with Crippen LogP contribution < -0.4 is 5.32 Å². The van der Waals surface area contributed by atoms with Gasteiger partial charge in [-0.1, -0.05) is 25.1 Å². The minimum absolute atomic E-state index is 0.0136. The van der Waals surface area contributed by atoms with E-state index in [4.69, 9.17) is 0 Å². The molecule has 5 rings (SSSR count). The zero-order valence-electron chi connectivity index (χ0n) is 13.7. The van der Waals surface area contributed by atoms with Crippen molar-refractivity contribution in [3.8, 4) is 0 Å². The maximum atomic E-state index is 13.6. The molecule has 1 aromatic rings. The number of para-hydroxylation sites is 1. The lowest BCUT2D eigenvalue weighted by atomic mass is 9.54. The third kappa shape index (κ3) is 1.53. The fraction of sp³-hybridized carbons (Fsp3) is 0.684. The highest BCUT2D eigenvalue weighted by Gasteiger charge is 2.70. The number of hydrogen-bond donors (Lipinski definition) is 2. The number of benzene rings is 1. The average molecular weight is 314 g/mol. The summed E-state index contributed by atoms with van der Waals surface area (Å²) in [6, 6.07) is 8.96. The summed E-state index contributed by atoms with van der Waals surface area (Å²) in [4.78, 5) is 0. The van der Waals surface area contributed by atoms with Crippen LogP contribution in [0, 0.1) is 23.0 Å². The summed E-state index contributed by atoms with van der Waals surface area (Å²) in [5.41, 5.74) is 2.49. The Labute approximate surface area is 137 Å². The van der Waals surface area contributed by atoms with Gasteiger partial charge in [-0.2, -0.15) is 0 Å². The zero-order chi connectivity index (χ0) is 15.8. The van der Waals surface area contributed by atoms with Gasteiger partial charge in [0.2, 0.25) is 0 Å². The third-order valence-electron chi connectivity index (χ3n) is 7.72. The molecule has 2 N–H and O–H groups in total. The standard InChI is InChI=1S/C19H26N2O2/c1-2-12-10-21(23)8-7-19-15-5-3-4-6-16(15)20-18(19)14(11-22)13(12)9-17(19)21/h3-6,12-14,17-18,20,22H,2,7-11H2,1H3/t12-,13+,14+,17?,18+,19-,21?/m1/s1. The summed E-state index contributed by atoms with van der Waals surface area (Å²) in [6.07, 6.45) is 3.03. The number of piperidine rings is 1. The van der Waals surface area contributed by atoms with E-state index in [9.17, 15) is 10.3 Å². The van der Waals surface area contributed by atoms with E-state index in [0.29, 0.717) is 11.8 Å². The highest BCUT2D eigenvalue weighted by atomic mass is 16.5. The molecular weight excluding hydrogens is 288 g/mol. The van der Waals surface area contributed by atoms with Crippen LogP contribution in [-0.4, -0.2) is 41.5 Å². The first-order valence-electron chi connectivity index (χ1n) is 9.18. The normalized spacial score (nSPS) is 49.4. The molecule has 4 nitrogen and oxygen atoms in total. The number of hydrogen-bond acceptors (Lipinski definition) is 3. The number of quaternary nitrogens is 1. The zero-order valence-corrected chi connectivity index (χ0v) is 13.7. The summed E-state index contributed by atoms with van der Waals surface area (Å²) in [5.74, 6) is 1.23. The number of hydroxylamine groups is 3. The molecule has 2 bridgehead atoms. The summed E-state index contributed by atoms with van der Waals surface area (Å²) >= 11 is 0. The number of aliphatic hydroxyl groups excluding tert-OH is 1. The summed E-state index contributed by atoms with van der Waals surface area (Å²) in [7, 11) is 0. The first-order valence-corrected chi connectivity index (χ1v) is 9.18. The maximum absolute atomic E-state index is 13.6. The number of aliphatic hydroxyl groups is 1. The van der Waals surface area contributed by atoms with Gasteiger partial charge in [0, 0.05) is 43.0 Å². The van der Waals surface area contributed by atoms with Gasteiger partial charge in [0.25, 0.3) is 0 Å². The van der Waals surface area contributed by atoms with E-state index in [0.717, 1.165) is 32.4 Å². The molecule has 1 saturated carbocycles. The number of rotatable bonds is 2. The quantitative estimate of drug-likeness (QED) is 0.651. The average Bonchev–Trinajstić information content (AvgIpc) is 3.08. The molecular formula is C19H26N2O2. The molecule has 124 valence electrons. The Kier molecular flexibility index (Phi) is 2.79. The Morgan fingerprint density at radius 3 is 3.00 bits per heavy atom. The van der Waals surface area contributed by atoms with Crippen LogP contribution in [0.1, 0.15) is 31.7 Å². The lowest BCUT2D eigenvalue weighted by Crippen LogP contribution is -2.68. The molecule has 1 aromatic carbocycles. The van der Waals surface area contributed by atoms with Gasteiger partial charge >= 0.3 is 0 Å². The van der Waals surface area contributed by atoms with Crippen LogP contribution in [0.5, 0.6) is 0 Å². The van der Waals surface area contributed by atoms with Gasteiger partial charge in [-0.05, 0) is 24.0 Å². The Morgan fingerprint density at radius 1 is 1.39 bits per heavy atom. The minimum Gasteiger partial charge on any atom is -0.633 e. The molecule has 3 heterocycles. The van der Waals surface area contributed by atoms with E-state index in [1.165, 1.54) is 11.3 Å². The van der Waals surface area contributed by atoms with Crippen molar-refractivity contribution in [2.24, 2.45) is 17.8 Å². The number of nitrogens with zero attached hydrogens (tertiary/aromatic N) is 1. The molecule has 1 aliphatic carbocycles. The highest BCUT2D eigenvalue weighted by Crippen LogP contribution is 2.63. The number of anilines is 1. The van der Waals surface area contributed by atoms with Crippen LogP contribution in [0.3, 0.4) is 0 Å². The third-order valence-corrected chi connectivity index (χ3v) is 7.72. The second-order valence-corrected chi connectivity index (χ2v) is 8.25. The molecule has 2 unspecified atom stereocenters. The minimum atomic E-state index is -0.0546. The van der Waals surface area contributed by atoms with Crippen LogP contribution >= 0.6 is 0 Å². The maximum Gasteiger partial charge on any atom is 0.101 e.